The van der Waals surface area contributed by atoms with Crippen LogP contribution < -0.4 is 5.32 Å². The Morgan fingerprint density at radius 3 is 2.95 bits per heavy atom. The molecule has 0 aliphatic carbocycles. The molecule has 2 heterocycles. The summed E-state index contributed by atoms with van der Waals surface area (Å²) in [5.41, 5.74) is 1.09. The number of thiazole rings is 1. The molecule has 1 aromatic heterocycles. The van der Waals surface area contributed by atoms with E-state index in [1.165, 1.54) is 9.71 Å². The molecule has 2 aromatic rings. The lowest BCUT2D eigenvalue weighted by molar-refractivity contribution is -0.0639. The van der Waals surface area contributed by atoms with E-state index in [0.29, 0.717) is 12.1 Å². The van der Waals surface area contributed by atoms with Gasteiger partial charge in [0.25, 0.3) is 0 Å². The van der Waals surface area contributed by atoms with Gasteiger partial charge in [-0.1, -0.05) is 12.1 Å². The zero-order valence-corrected chi connectivity index (χ0v) is 13.2. The largest absolute Gasteiger partial charge is 0.375 e. The average Bonchev–Trinajstić information content (AvgIpc) is 2.81. The number of hydrogen-bond donors (Lipinski definition) is 1. The predicted octanol–water partition coefficient (Wildman–Crippen LogP) is 3.90. The van der Waals surface area contributed by atoms with Crippen LogP contribution >= 0.6 is 11.3 Å². The normalized spacial score (nSPS) is 23.9. The van der Waals surface area contributed by atoms with Gasteiger partial charge in [-0.3, -0.25) is 0 Å². The summed E-state index contributed by atoms with van der Waals surface area (Å²) in [6.07, 6.45) is 2.14. The molecule has 0 spiro atoms. The van der Waals surface area contributed by atoms with Crippen LogP contribution in [-0.4, -0.2) is 23.2 Å². The minimum atomic E-state index is -0.0107. The summed E-state index contributed by atoms with van der Waals surface area (Å²) in [5.74, 6) is 0. The number of aromatic nitrogens is 1. The maximum atomic E-state index is 5.78. The number of para-hydroxylation sites is 1. The van der Waals surface area contributed by atoms with Gasteiger partial charge in [-0.15, -0.1) is 11.3 Å². The van der Waals surface area contributed by atoms with Crippen LogP contribution in [-0.2, 0) is 4.74 Å². The standard InChI is InChI=1S/C16H22N2OS/c1-11(17-12-8-9-19-16(2,3)10-12)15-18-13-6-4-5-7-14(13)20-15/h4-7,11-12,17H,8-10H2,1-3H3. The number of nitrogens with zero attached hydrogens (tertiary/aromatic N) is 1. The molecule has 2 unspecified atom stereocenters. The summed E-state index contributed by atoms with van der Waals surface area (Å²) in [7, 11) is 0. The Morgan fingerprint density at radius 1 is 1.40 bits per heavy atom. The van der Waals surface area contributed by atoms with Gasteiger partial charge in [0.1, 0.15) is 5.01 Å². The molecule has 4 heteroatoms. The highest BCUT2D eigenvalue weighted by Crippen LogP contribution is 2.29. The Bertz CT molecular complexity index is 560. The first-order valence-corrected chi connectivity index (χ1v) is 8.11. The van der Waals surface area contributed by atoms with Gasteiger partial charge in [0.2, 0.25) is 0 Å². The molecule has 3 rings (SSSR count). The first kappa shape index (κ1) is 14.0. The molecule has 0 amide bonds. The number of benzene rings is 1. The van der Waals surface area contributed by atoms with Gasteiger partial charge in [-0.05, 0) is 45.7 Å². The van der Waals surface area contributed by atoms with Crippen molar-refractivity contribution in [3.63, 3.8) is 0 Å². The summed E-state index contributed by atoms with van der Waals surface area (Å²) in [4.78, 5) is 4.74. The van der Waals surface area contributed by atoms with Gasteiger partial charge < -0.3 is 10.1 Å². The van der Waals surface area contributed by atoms with E-state index in [-0.39, 0.29) is 5.60 Å². The topological polar surface area (TPSA) is 34.1 Å². The van der Waals surface area contributed by atoms with Crippen molar-refractivity contribution in [1.82, 2.24) is 10.3 Å². The number of rotatable bonds is 3. The van der Waals surface area contributed by atoms with Crippen LogP contribution in [0.4, 0.5) is 0 Å². The molecular weight excluding hydrogens is 268 g/mol. The Labute approximate surface area is 124 Å². The molecule has 1 fully saturated rings. The lowest BCUT2D eigenvalue weighted by atomic mass is 9.93. The molecule has 1 aliphatic rings. The van der Waals surface area contributed by atoms with E-state index in [1.54, 1.807) is 11.3 Å². The van der Waals surface area contributed by atoms with Crippen molar-refractivity contribution in [2.75, 3.05) is 6.61 Å². The second kappa shape index (κ2) is 5.43. The SMILES string of the molecule is CC(NC1CCOC(C)(C)C1)c1nc2ccccc2s1. The van der Waals surface area contributed by atoms with Crippen molar-refractivity contribution >= 4 is 21.6 Å². The molecule has 2 atom stereocenters. The van der Waals surface area contributed by atoms with Crippen molar-refractivity contribution in [2.45, 2.75) is 51.3 Å². The van der Waals surface area contributed by atoms with Gasteiger partial charge in [0.05, 0.1) is 21.9 Å². The third-order valence-corrected chi connectivity index (χ3v) is 5.08. The van der Waals surface area contributed by atoms with E-state index in [9.17, 15) is 0 Å². The molecular formula is C16H22N2OS. The molecule has 3 nitrogen and oxygen atoms in total. The minimum absolute atomic E-state index is 0.0107. The summed E-state index contributed by atoms with van der Waals surface area (Å²) < 4.78 is 7.04. The molecule has 20 heavy (non-hydrogen) atoms. The van der Waals surface area contributed by atoms with Crippen molar-refractivity contribution in [3.05, 3.63) is 29.3 Å². The maximum Gasteiger partial charge on any atom is 0.111 e. The van der Waals surface area contributed by atoms with Gasteiger partial charge in [-0.2, -0.15) is 0 Å². The molecule has 1 aromatic carbocycles. The zero-order chi connectivity index (χ0) is 14.2. The first-order chi connectivity index (χ1) is 9.53. The van der Waals surface area contributed by atoms with Gasteiger partial charge in [0.15, 0.2) is 0 Å². The lowest BCUT2D eigenvalue weighted by Crippen LogP contribution is -2.44. The molecule has 1 saturated heterocycles. The van der Waals surface area contributed by atoms with Crippen LogP contribution in [0.15, 0.2) is 24.3 Å². The van der Waals surface area contributed by atoms with Crippen LogP contribution in [0.2, 0.25) is 0 Å². The Kier molecular flexibility index (Phi) is 3.80. The van der Waals surface area contributed by atoms with E-state index < -0.39 is 0 Å². The van der Waals surface area contributed by atoms with Crippen LogP contribution in [0.3, 0.4) is 0 Å². The second-order valence-electron chi connectivity index (χ2n) is 6.21. The van der Waals surface area contributed by atoms with Crippen LogP contribution in [0.1, 0.15) is 44.7 Å². The Hall–Kier alpha value is -0.970. The third kappa shape index (κ3) is 3.03. The van der Waals surface area contributed by atoms with Gasteiger partial charge in [0, 0.05) is 12.6 Å². The van der Waals surface area contributed by atoms with Crippen LogP contribution in [0.25, 0.3) is 10.2 Å². The fourth-order valence-electron chi connectivity index (χ4n) is 2.87. The smallest absolute Gasteiger partial charge is 0.111 e. The fourth-order valence-corrected chi connectivity index (χ4v) is 3.85. The number of nitrogens with one attached hydrogen (secondary N) is 1. The zero-order valence-electron chi connectivity index (χ0n) is 12.3. The molecule has 0 saturated carbocycles. The Balaban J connectivity index is 1.71. The Morgan fingerprint density at radius 2 is 2.20 bits per heavy atom. The maximum absolute atomic E-state index is 5.78. The van der Waals surface area contributed by atoms with E-state index >= 15 is 0 Å². The number of ether oxygens (including phenoxy) is 1. The quantitative estimate of drug-likeness (QED) is 0.930. The molecule has 1 aliphatic heterocycles. The van der Waals surface area contributed by atoms with E-state index in [4.69, 9.17) is 9.72 Å². The summed E-state index contributed by atoms with van der Waals surface area (Å²) in [5, 5.41) is 4.90. The second-order valence-corrected chi connectivity index (χ2v) is 7.27. The molecule has 1 N–H and O–H groups in total. The molecule has 108 valence electrons. The van der Waals surface area contributed by atoms with Gasteiger partial charge in [-0.25, -0.2) is 4.98 Å². The van der Waals surface area contributed by atoms with Gasteiger partial charge >= 0.3 is 0 Å². The monoisotopic (exact) mass is 290 g/mol. The van der Waals surface area contributed by atoms with E-state index in [2.05, 4.69) is 44.3 Å². The number of hydrogen-bond acceptors (Lipinski definition) is 4. The summed E-state index contributed by atoms with van der Waals surface area (Å²) in [6.45, 7) is 7.39. The lowest BCUT2D eigenvalue weighted by Gasteiger charge is -2.37. The minimum Gasteiger partial charge on any atom is -0.375 e. The first-order valence-electron chi connectivity index (χ1n) is 7.29. The predicted molar refractivity (Wildman–Crippen MR) is 84.2 cm³/mol. The van der Waals surface area contributed by atoms with Crippen molar-refractivity contribution < 1.29 is 4.74 Å². The third-order valence-electron chi connectivity index (χ3n) is 3.86. The highest BCUT2D eigenvalue weighted by Gasteiger charge is 2.29. The van der Waals surface area contributed by atoms with E-state index in [1.807, 2.05) is 6.07 Å². The van der Waals surface area contributed by atoms with Crippen molar-refractivity contribution in [1.29, 1.82) is 0 Å². The van der Waals surface area contributed by atoms with Crippen LogP contribution in [0, 0.1) is 0 Å². The average molecular weight is 290 g/mol. The summed E-state index contributed by atoms with van der Waals surface area (Å²) >= 11 is 1.79. The summed E-state index contributed by atoms with van der Waals surface area (Å²) in [6, 6.07) is 9.15. The van der Waals surface area contributed by atoms with E-state index in [0.717, 1.165) is 25.0 Å². The molecule has 0 bridgehead atoms. The highest BCUT2D eigenvalue weighted by molar-refractivity contribution is 7.18. The van der Waals surface area contributed by atoms with Crippen molar-refractivity contribution in [3.8, 4) is 0 Å². The van der Waals surface area contributed by atoms with Crippen molar-refractivity contribution in [2.24, 2.45) is 0 Å². The van der Waals surface area contributed by atoms with Crippen LogP contribution in [0.5, 0.6) is 0 Å². The fraction of sp³-hybridized carbons (Fsp3) is 0.562. The highest BCUT2D eigenvalue weighted by atomic mass is 32.1. The number of fused-ring (bicyclic) bond motifs is 1. The molecule has 0 radical (unpaired) electrons.